The zero-order valence-electron chi connectivity index (χ0n) is 11.0. The normalized spacial score (nSPS) is 32.8. The molecule has 2 rings (SSSR count). The van der Waals surface area contributed by atoms with Crippen LogP contribution in [0.3, 0.4) is 0 Å². The van der Waals surface area contributed by atoms with Gasteiger partial charge < -0.3 is 9.64 Å². The smallest absolute Gasteiger partial charge is 0.410 e. The van der Waals surface area contributed by atoms with Crippen LogP contribution >= 0.6 is 0 Å². The van der Waals surface area contributed by atoms with E-state index in [1.807, 2.05) is 27.7 Å². The minimum absolute atomic E-state index is 0.0405. The molecule has 1 amide bonds. The lowest BCUT2D eigenvalue weighted by atomic mass is 9.91. The Balaban J connectivity index is 2.12. The minimum Gasteiger partial charge on any atom is -0.444 e. The second-order valence-corrected chi connectivity index (χ2v) is 6.15. The first kappa shape index (κ1) is 12.4. The van der Waals surface area contributed by atoms with Crippen LogP contribution in [0.1, 0.15) is 47.0 Å². The molecule has 96 valence electrons. The van der Waals surface area contributed by atoms with Crippen LogP contribution < -0.4 is 0 Å². The van der Waals surface area contributed by atoms with Gasteiger partial charge in [-0.2, -0.15) is 0 Å². The maximum atomic E-state index is 12.1. The molecule has 4 heteroatoms. The Morgan fingerprint density at radius 2 is 2.00 bits per heavy atom. The predicted molar refractivity (Wildman–Crippen MR) is 63.7 cm³/mol. The lowest BCUT2D eigenvalue weighted by molar-refractivity contribution is -0.128. The first-order valence-corrected chi connectivity index (χ1v) is 6.33. The Hall–Kier alpha value is -1.06. The Labute approximate surface area is 102 Å². The predicted octanol–water partition coefficient (Wildman–Crippen LogP) is 2.36. The third-order valence-corrected chi connectivity index (χ3v) is 3.67. The van der Waals surface area contributed by atoms with E-state index in [1.165, 1.54) is 0 Å². The van der Waals surface area contributed by atoms with Gasteiger partial charge in [0.15, 0.2) is 0 Å². The molecule has 0 saturated carbocycles. The van der Waals surface area contributed by atoms with Crippen molar-refractivity contribution in [1.29, 1.82) is 0 Å². The number of amides is 1. The zero-order valence-corrected chi connectivity index (χ0v) is 11.0. The van der Waals surface area contributed by atoms with Gasteiger partial charge in [0, 0.05) is 24.4 Å². The van der Waals surface area contributed by atoms with Gasteiger partial charge >= 0.3 is 6.09 Å². The maximum Gasteiger partial charge on any atom is 0.410 e. The molecule has 0 aromatic rings. The van der Waals surface area contributed by atoms with Gasteiger partial charge in [0.1, 0.15) is 11.4 Å². The quantitative estimate of drug-likeness (QED) is 0.652. The molecule has 0 aromatic carbocycles. The van der Waals surface area contributed by atoms with Crippen LogP contribution in [0.5, 0.6) is 0 Å². The third-order valence-electron chi connectivity index (χ3n) is 3.67. The number of hydrogen-bond acceptors (Lipinski definition) is 3. The highest BCUT2D eigenvalue weighted by Crippen LogP contribution is 2.38. The number of hydrogen-bond donors (Lipinski definition) is 0. The number of ketones is 1. The van der Waals surface area contributed by atoms with Crippen LogP contribution in [0.2, 0.25) is 0 Å². The standard InChI is InChI=1S/C13H21NO3/c1-8-10-6-5-9(7-11(8)15)14(10)12(16)17-13(2,3)4/h8-10H,5-7H2,1-4H3/t8-,9+,10-/m1/s1. The van der Waals surface area contributed by atoms with Gasteiger partial charge in [0.05, 0.1) is 0 Å². The first-order chi connectivity index (χ1) is 7.79. The van der Waals surface area contributed by atoms with E-state index in [1.54, 1.807) is 4.90 Å². The van der Waals surface area contributed by atoms with Crippen molar-refractivity contribution in [3.8, 4) is 0 Å². The summed E-state index contributed by atoms with van der Waals surface area (Å²) in [5.74, 6) is 0.249. The molecule has 3 atom stereocenters. The fourth-order valence-corrected chi connectivity index (χ4v) is 2.84. The Bertz CT molecular complexity index is 345. The van der Waals surface area contributed by atoms with Crippen LogP contribution in [0.25, 0.3) is 0 Å². The van der Waals surface area contributed by atoms with Gasteiger partial charge in [-0.05, 0) is 33.6 Å². The average Bonchev–Trinajstić information content (AvgIpc) is 2.51. The van der Waals surface area contributed by atoms with Crippen molar-refractivity contribution < 1.29 is 14.3 Å². The van der Waals surface area contributed by atoms with Crippen molar-refractivity contribution in [1.82, 2.24) is 4.90 Å². The number of carbonyl (C=O) groups is 2. The fourth-order valence-electron chi connectivity index (χ4n) is 2.84. The molecule has 2 fully saturated rings. The Morgan fingerprint density at radius 3 is 2.59 bits per heavy atom. The van der Waals surface area contributed by atoms with Crippen molar-refractivity contribution in [2.75, 3.05) is 0 Å². The van der Waals surface area contributed by atoms with E-state index in [0.29, 0.717) is 6.42 Å². The number of carbonyl (C=O) groups excluding carboxylic acids is 2. The van der Waals surface area contributed by atoms with Crippen LogP contribution in [0.15, 0.2) is 0 Å². The molecule has 17 heavy (non-hydrogen) atoms. The van der Waals surface area contributed by atoms with Crippen molar-refractivity contribution in [3.63, 3.8) is 0 Å². The molecule has 0 spiro atoms. The highest BCUT2D eigenvalue weighted by atomic mass is 16.6. The fraction of sp³-hybridized carbons (Fsp3) is 0.846. The molecule has 0 unspecified atom stereocenters. The lowest BCUT2D eigenvalue weighted by Gasteiger charge is -2.38. The van der Waals surface area contributed by atoms with Gasteiger partial charge in [0.25, 0.3) is 0 Å². The van der Waals surface area contributed by atoms with Crippen LogP contribution in [-0.4, -0.2) is 34.5 Å². The second-order valence-electron chi connectivity index (χ2n) is 6.15. The van der Waals surface area contributed by atoms with E-state index in [0.717, 1.165) is 12.8 Å². The second kappa shape index (κ2) is 4.00. The largest absolute Gasteiger partial charge is 0.444 e. The number of fused-ring (bicyclic) bond motifs is 2. The molecule has 2 heterocycles. The molecule has 0 aromatic heterocycles. The first-order valence-electron chi connectivity index (χ1n) is 6.33. The summed E-state index contributed by atoms with van der Waals surface area (Å²) in [5, 5.41) is 0. The van der Waals surface area contributed by atoms with E-state index in [2.05, 4.69) is 0 Å². The third kappa shape index (κ3) is 2.31. The van der Waals surface area contributed by atoms with E-state index in [9.17, 15) is 9.59 Å². The summed E-state index contributed by atoms with van der Waals surface area (Å²) in [6.45, 7) is 7.52. The van der Waals surface area contributed by atoms with Gasteiger partial charge in [-0.15, -0.1) is 0 Å². The summed E-state index contributed by atoms with van der Waals surface area (Å²) in [5.41, 5.74) is -0.471. The Kier molecular flexibility index (Phi) is 2.92. The summed E-state index contributed by atoms with van der Waals surface area (Å²) in [6.07, 6.45) is 2.10. The summed E-state index contributed by atoms with van der Waals surface area (Å²) >= 11 is 0. The van der Waals surface area contributed by atoms with Gasteiger partial charge in [-0.1, -0.05) is 6.92 Å². The van der Waals surface area contributed by atoms with Crippen molar-refractivity contribution in [2.24, 2.45) is 5.92 Å². The summed E-state index contributed by atoms with van der Waals surface area (Å²) in [7, 11) is 0. The molecule has 4 nitrogen and oxygen atoms in total. The summed E-state index contributed by atoms with van der Waals surface area (Å²) in [6, 6.07) is 0.120. The van der Waals surface area contributed by atoms with Crippen molar-refractivity contribution in [2.45, 2.75) is 64.6 Å². The van der Waals surface area contributed by atoms with Gasteiger partial charge in [0.2, 0.25) is 0 Å². The molecule has 2 bridgehead atoms. The SMILES string of the molecule is C[C@H]1C(=O)C[C@@H]2CC[C@H]1N2C(=O)OC(C)(C)C. The molecule has 2 aliphatic heterocycles. The van der Waals surface area contributed by atoms with Crippen molar-refractivity contribution >= 4 is 11.9 Å². The highest BCUT2D eigenvalue weighted by Gasteiger charge is 2.48. The van der Waals surface area contributed by atoms with Crippen LogP contribution in [0.4, 0.5) is 4.79 Å². The van der Waals surface area contributed by atoms with E-state index >= 15 is 0 Å². The Morgan fingerprint density at radius 1 is 1.35 bits per heavy atom. The van der Waals surface area contributed by atoms with E-state index in [-0.39, 0.29) is 29.9 Å². The highest BCUT2D eigenvalue weighted by molar-refractivity contribution is 5.85. The lowest BCUT2D eigenvalue weighted by Crippen LogP contribution is -2.52. The van der Waals surface area contributed by atoms with Gasteiger partial charge in [-0.25, -0.2) is 4.79 Å². The molecular weight excluding hydrogens is 218 g/mol. The number of nitrogens with zero attached hydrogens (tertiary/aromatic N) is 1. The molecular formula is C13H21NO3. The molecule has 0 N–H and O–H groups in total. The topological polar surface area (TPSA) is 46.6 Å². The molecule has 0 aliphatic carbocycles. The molecule has 2 saturated heterocycles. The summed E-state index contributed by atoms with van der Waals surface area (Å²) in [4.78, 5) is 25.7. The van der Waals surface area contributed by atoms with Gasteiger partial charge in [-0.3, -0.25) is 4.79 Å². The maximum absolute atomic E-state index is 12.1. The number of ether oxygens (including phenoxy) is 1. The number of rotatable bonds is 0. The van der Waals surface area contributed by atoms with E-state index in [4.69, 9.17) is 4.74 Å². The minimum atomic E-state index is -0.471. The van der Waals surface area contributed by atoms with Crippen molar-refractivity contribution in [3.05, 3.63) is 0 Å². The van der Waals surface area contributed by atoms with E-state index < -0.39 is 5.60 Å². The zero-order chi connectivity index (χ0) is 12.8. The average molecular weight is 239 g/mol. The molecule has 0 radical (unpaired) electrons. The monoisotopic (exact) mass is 239 g/mol. The number of piperidine rings is 1. The van der Waals surface area contributed by atoms with Crippen LogP contribution in [0, 0.1) is 5.92 Å². The van der Waals surface area contributed by atoms with Crippen LogP contribution in [-0.2, 0) is 9.53 Å². The molecule has 2 aliphatic rings. The number of Topliss-reactive ketones (excluding diaryl/α,β-unsaturated/α-hetero) is 1. The summed E-state index contributed by atoms with van der Waals surface area (Å²) < 4.78 is 5.42.